The number of anilines is 1. The number of thioether (sulfide) groups is 1. The molecule has 1 atom stereocenters. The molecule has 0 radical (unpaired) electrons. The van der Waals surface area contributed by atoms with Crippen LogP contribution < -0.4 is 16.0 Å². The van der Waals surface area contributed by atoms with Crippen LogP contribution in [0.5, 0.6) is 0 Å². The third-order valence-corrected chi connectivity index (χ3v) is 6.25. The molecular formula is C24H20ClN3O3S. The second-order valence-corrected chi connectivity index (χ2v) is 8.66. The van der Waals surface area contributed by atoms with Gasteiger partial charge in [-0.05, 0) is 41.5 Å². The summed E-state index contributed by atoms with van der Waals surface area (Å²) in [7, 11) is 0. The molecule has 8 heteroatoms. The maximum Gasteiger partial charge on any atom is 0.252 e. The minimum Gasteiger partial charge on any atom is -0.350 e. The fourth-order valence-electron chi connectivity index (χ4n) is 3.28. The lowest BCUT2D eigenvalue weighted by Crippen LogP contribution is -2.40. The highest BCUT2D eigenvalue weighted by molar-refractivity contribution is 8.00. The molecule has 3 aromatic rings. The molecule has 0 unspecified atom stereocenters. The van der Waals surface area contributed by atoms with E-state index in [1.54, 1.807) is 42.5 Å². The summed E-state index contributed by atoms with van der Waals surface area (Å²) in [5.74, 6) is -0.499. The molecule has 1 aliphatic heterocycles. The van der Waals surface area contributed by atoms with E-state index in [0.29, 0.717) is 34.1 Å². The van der Waals surface area contributed by atoms with Gasteiger partial charge in [-0.25, -0.2) is 0 Å². The Bertz CT molecular complexity index is 1150. The highest BCUT2D eigenvalue weighted by atomic mass is 35.5. The summed E-state index contributed by atoms with van der Waals surface area (Å²) in [4.78, 5) is 38.6. The molecule has 0 aliphatic carbocycles. The molecule has 0 saturated carbocycles. The van der Waals surface area contributed by atoms with E-state index in [2.05, 4.69) is 16.0 Å². The number of rotatable bonds is 6. The highest BCUT2D eigenvalue weighted by Gasteiger charge is 2.24. The van der Waals surface area contributed by atoms with Crippen LogP contribution in [0, 0.1) is 0 Å². The van der Waals surface area contributed by atoms with Crippen molar-refractivity contribution in [3.63, 3.8) is 0 Å². The first-order chi connectivity index (χ1) is 15.5. The number of fused-ring (bicyclic) bond motifs is 1. The van der Waals surface area contributed by atoms with Gasteiger partial charge in [-0.3, -0.25) is 14.4 Å². The Kier molecular flexibility index (Phi) is 6.78. The first-order valence-corrected chi connectivity index (χ1v) is 11.3. The fourth-order valence-corrected chi connectivity index (χ4v) is 4.19. The van der Waals surface area contributed by atoms with Gasteiger partial charge < -0.3 is 16.0 Å². The van der Waals surface area contributed by atoms with Crippen LogP contribution in [0.2, 0.25) is 5.02 Å². The minimum absolute atomic E-state index is 0.108. The average molecular weight is 466 g/mol. The van der Waals surface area contributed by atoms with Crippen molar-refractivity contribution in [3.05, 3.63) is 94.5 Å². The minimum atomic E-state index is -0.879. The Balaban J connectivity index is 1.51. The number of halogens is 1. The van der Waals surface area contributed by atoms with Gasteiger partial charge in [0.25, 0.3) is 5.91 Å². The van der Waals surface area contributed by atoms with E-state index in [1.165, 1.54) is 11.8 Å². The van der Waals surface area contributed by atoms with E-state index in [4.69, 9.17) is 11.6 Å². The molecule has 3 N–H and O–H groups in total. The van der Waals surface area contributed by atoms with E-state index in [-0.39, 0.29) is 11.8 Å². The Hall–Kier alpha value is -3.29. The maximum atomic E-state index is 13.0. The summed E-state index contributed by atoms with van der Waals surface area (Å²) < 4.78 is 0. The monoisotopic (exact) mass is 465 g/mol. The largest absolute Gasteiger partial charge is 0.350 e. The zero-order valence-corrected chi connectivity index (χ0v) is 18.5. The Morgan fingerprint density at radius 3 is 2.53 bits per heavy atom. The molecule has 0 aromatic heterocycles. The zero-order valence-electron chi connectivity index (χ0n) is 16.9. The molecule has 1 heterocycles. The third-order valence-electron chi connectivity index (χ3n) is 4.93. The van der Waals surface area contributed by atoms with Crippen molar-refractivity contribution in [2.24, 2.45) is 0 Å². The van der Waals surface area contributed by atoms with E-state index in [9.17, 15) is 14.4 Å². The maximum absolute atomic E-state index is 13.0. The van der Waals surface area contributed by atoms with E-state index in [0.717, 1.165) is 10.5 Å². The smallest absolute Gasteiger partial charge is 0.252 e. The predicted molar refractivity (Wildman–Crippen MR) is 126 cm³/mol. The number of hydrogen-bond acceptors (Lipinski definition) is 4. The van der Waals surface area contributed by atoms with Gasteiger partial charge in [-0.2, -0.15) is 0 Å². The lowest BCUT2D eigenvalue weighted by Gasteiger charge is -2.20. The molecule has 0 fully saturated rings. The van der Waals surface area contributed by atoms with Crippen molar-refractivity contribution >= 4 is 46.8 Å². The molecule has 0 spiro atoms. The van der Waals surface area contributed by atoms with Gasteiger partial charge in [0.15, 0.2) is 0 Å². The number of benzene rings is 3. The topological polar surface area (TPSA) is 87.3 Å². The molecule has 6 nitrogen and oxygen atoms in total. The van der Waals surface area contributed by atoms with Crippen LogP contribution in [-0.4, -0.2) is 23.5 Å². The third kappa shape index (κ3) is 5.30. The second-order valence-electron chi connectivity index (χ2n) is 7.21. The zero-order chi connectivity index (χ0) is 22.5. The Morgan fingerprint density at radius 1 is 1.03 bits per heavy atom. The standard InChI is InChI=1S/C24H20ClN3O3S/c25-18-9-6-15(7-10-18)13-26-24(31)22(16-4-2-1-3-5-16)28-23(30)17-8-11-20-19(12-17)27-21(29)14-32-20/h1-12,22H,13-14H2,(H,26,31)(H,27,29)(H,28,30)/t22-/m1/s1. The van der Waals surface area contributed by atoms with Gasteiger partial charge in [0.1, 0.15) is 6.04 Å². The summed E-state index contributed by atoms with van der Waals surface area (Å²) in [5.41, 5.74) is 2.51. The van der Waals surface area contributed by atoms with Crippen molar-refractivity contribution in [2.75, 3.05) is 11.1 Å². The van der Waals surface area contributed by atoms with Crippen LogP contribution in [0.3, 0.4) is 0 Å². The van der Waals surface area contributed by atoms with Crippen molar-refractivity contribution in [1.82, 2.24) is 10.6 Å². The number of carbonyl (C=O) groups excluding carboxylic acids is 3. The molecule has 32 heavy (non-hydrogen) atoms. The van der Waals surface area contributed by atoms with E-state index in [1.807, 2.05) is 30.3 Å². The fraction of sp³-hybridized carbons (Fsp3) is 0.125. The molecule has 3 amide bonds. The first-order valence-electron chi connectivity index (χ1n) is 9.94. The van der Waals surface area contributed by atoms with Gasteiger partial charge in [0.2, 0.25) is 11.8 Å². The van der Waals surface area contributed by atoms with Gasteiger partial charge in [-0.15, -0.1) is 11.8 Å². The summed E-state index contributed by atoms with van der Waals surface area (Å²) in [6.07, 6.45) is 0. The van der Waals surface area contributed by atoms with E-state index < -0.39 is 11.9 Å². The number of amides is 3. The van der Waals surface area contributed by atoms with Crippen molar-refractivity contribution in [1.29, 1.82) is 0 Å². The van der Waals surface area contributed by atoms with Crippen molar-refractivity contribution in [2.45, 2.75) is 17.5 Å². The van der Waals surface area contributed by atoms with E-state index >= 15 is 0 Å². The van der Waals surface area contributed by atoms with Gasteiger partial charge in [0.05, 0.1) is 11.4 Å². The molecule has 0 bridgehead atoms. The van der Waals surface area contributed by atoms with Crippen LogP contribution in [0.25, 0.3) is 0 Å². The van der Waals surface area contributed by atoms with Gasteiger partial charge in [-0.1, -0.05) is 54.1 Å². The van der Waals surface area contributed by atoms with Crippen LogP contribution in [-0.2, 0) is 16.1 Å². The predicted octanol–water partition coefficient (Wildman–Crippen LogP) is 4.17. The number of carbonyl (C=O) groups is 3. The summed E-state index contributed by atoms with van der Waals surface area (Å²) >= 11 is 7.34. The SMILES string of the molecule is O=C1CSc2ccc(C(=O)N[C@@H](C(=O)NCc3ccc(Cl)cc3)c3ccccc3)cc2N1. The second kappa shape index (κ2) is 9.89. The lowest BCUT2D eigenvalue weighted by molar-refractivity contribution is -0.123. The quantitative estimate of drug-likeness (QED) is 0.510. The van der Waals surface area contributed by atoms with Crippen LogP contribution in [0.1, 0.15) is 27.5 Å². The normalized spacial score (nSPS) is 13.5. The molecule has 0 saturated heterocycles. The Morgan fingerprint density at radius 2 is 1.78 bits per heavy atom. The molecular weight excluding hydrogens is 446 g/mol. The highest BCUT2D eigenvalue weighted by Crippen LogP contribution is 2.32. The van der Waals surface area contributed by atoms with Crippen LogP contribution >= 0.6 is 23.4 Å². The molecule has 1 aliphatic rings. The summed E-state index contributed by atoms with van der Waals surface area (Å²) in [6.45, 7) is 0.303. The Labute approximate surface area is 194 Å². The van der Waals surface area contributed by atoms with Crippen molar-refractivity contribution < 1.29 is 14.4 Å². The van der Waals surface area contributed by atoms with Gasteiger partial charge >= 0.3 is 0 Å². The average Bonchev–Trinajstić information content (AvgIpc) is 2.82. The molecule has 3 aromatic carbocycles. The van der Waals surface area contributed by atoms with Crippen LogP contribution in [0.4, 0.5) is 5.69 Å². The summed E-state index contributed by atoms with van der Waals surface area (Å²) in [6, 6.07) is 20.5. The lowest BCUT2D eigenvalue weighted by atomic mass is 10.0. The molecule has 4 rings (SSSR count). The first kappa shape index (κ1) is 21.9. The van der Waals surface area contributed by atoms with Gasteiger partial charge in [0, 0.05) is 22.0 Å². The number of hydrogen-bond donors (Lipinski definition) is 3. The summed E-state index contributed by atoms with van der Waals surface area (Å²) in [5, 5.41) is 9.09. The number of nitrogens with one attached hydrogen (secondary N) is 3. The van der Waals surface area contributed by atoms with Crippen molar-refractivity contribution in [3.8, 4) is 0 Å². The molecule has 162 valence electrons. The van der Waals surface area contributed by atoms with Crippen LogP contribution in [0.15, 0.2) is 77.7 Å².